The molecule has 31 heavy (non-hydrogen) atoms. The number of primary amides is 1. The van der Waals surface area contributed by atoms with Crippen molar-refractivity contribution in [2.45, 2.75) is 38.6 Å². The number of likely N-dealkylation sites (N-methyl/N-ethyl adjacent to an activating group) is 1. The van der Waals surface area contributed by atoms with E-state index < -0.39 is 0 Å². The van der Waals surface area contributed by atoms with E-state index in [1.165, 1.54) is 5.56 Å². The number of aliphatic imine (C=N–C) groups is 1. The lowest BCUT2D eigenvalue weighted by Crippen LogP contribution is -2.47. The van der Waals surface area contributed by atoms with Gasteiger partial charge in [-0.3, -0.25) is 14.7 Å². The third kappa shape index (κ3) is 7.21. The molecule has 3 N–H and O–H groups in total. The van der Waals surface area contributed by atoms with E-state index in [4.69, 9.17) is 10.7 Å². The van der Waals surface area contributed by atoms with Crippen molar-refractivity contribution in [1.29, 1.82) is 0 Å². The van der Waals surface area contributed by atoms with Crippen molar-refractivity contribution in [2.75, 3.05) is 59.4 Å². The molecule has 172 valence electrons. The average Bonchev–Trinajstić information content (AvgIpc) is 2.77. The number of hydrogen-bond donors (Lipinski definition) is 2. The van der Waals surface area contributed by atoms with Gasteiger partial charge >= 0.3 is 0 Å². The number of nitrogens with zero attached hydrogens (tertiary/aromatic N) is 4. The van der Waals surface area contributed by atoms with Gasteiger partial charge in [0, 0.05) is 64.8 Å². The van der Waals surface area contributed by atoms with Crippen LogP contribution in [0.15, 0.2) is 35.3 Å². The molecule has 0 radical (unpaired) electrons. The molecule has 0 aromatic heterocycles. The highest BCUT2D eigenvalue weighted by Gasteiger charge is 2.26. The zero-order valence-electron chi connectivity index (χ0n) is 19.3. The summed E-state index contributed by atoms with van der Waals surface area (Å²) in [6.45, 7) is 9.97. The van der Waals surface area contributed by atoms with Gasteiger partial charge in [0.2, 0.25) is 5.91 Å². The molecule has 7 heteroatoms. The fourth-order valence-electron chi connectivity index (χ4n) is 4.81. The van der Waals surface area contributed by atoms with Crippen molar-refractivity contribution in [3.8, 4) is 0 Å². The Kier molecular flexibility index (Phi) is 9.15. The third-order valence-corrected chi connectivity index (χ3v) is 6.39. The number of benzene rings is 1. The molecule has 2 heterocycles. The molecule has 1 aromatic carbocycles. The van der Waals surface area contributed by atoms with Crippen LogP contribution in [-0.2, 0) is 4.79 Å². The van der Waals surface area contributed by atoms with Crippen LogP contribution in [0.3, 0.4) is 0 Å². The molecule has 2 aliphatic rings. The highest BCUT2D eigenvalue weighted by atomic mass is 16.1. The highest BCUT2D eigenvalue weighted by molar-refractivity contribution is 5.80. The van der Waals surface area contributed by atoms with Crippen LogP contribution in [0.25, 0.3) is 0 Å². The minimum Gasteiger partial charge on any atom is -0.370 e. The van der Waals surface area contributed by atoms with Gasteiger partial charge in [0.05, 0.1) is 0 Å². The number of piperidine rings is 1. The molecular formula is C24H40N6O. The maximum absolute atomic E-state index is 11.3. The Morgan fingerprint density at radius 2 is 2.00 bits per heavy atom. The average molecular weight is 429 g/mol. The topological polar surface area (TPSA) is 77.2 Å². The molecule has 0 aliphatic carbocycles. The molecule has 0 bridgehead atoms. The van der Waals surface area contributed by atoms with Crippen molar-refractivity contribution in [2.24, 2.45) is 16.6 Å². The van der Waals surface area contributed by atoms with Crippen molar-refractivity contribution in [3.05, 3.63) is 35.9 Å². The number of guanidine groups is 1. The highest BCUT2D eigenvalue weighted by Crippen LogP contribution is 2.25. The van der Waals surface area contributed by atoms with Gasteiger partial charge in [0.1, 0.15) is 0 Å². The van der Waals surface area contributed by atoms with Gasteiger partial charge in [-0.1, -0.05) is 30.3 Å². The Morgan fingerprint density at radius 3 is 2.74 bits per heavy atom. The van der Waals surface area contributed by atoms with Crippen LogP contribution in [0.2, 0.25) is 0 Å². The van der Waals surface area contributed by atoms with E-state index >= 15 is 0 Å². The molecule has 2 atom stereocenters. The fourth-order valence-corrected chi connectivity index (χ4v) is 4.81. The smallest absolute Gasteiger partial charge is 0.217 e. The van der Waals surface area contributed by atoms with Crippen molar-refractivity contribution in [1.82, 2.24) is 20.0 Å². The summed E-state index contributed by atoms with van der Waals surface area (Å²) in [5.41, 5.74) is 6.83. The van der Waals surface area contributed by atoms with E-state index in [9.17, 15) is 4.79 Å². The molecule has 0 spiro atoms. The molecule has 2 unspecified atom stereocenters. The predicted octanol–water partition coefficient (Wildman–Crippen LogP) is 1.92. The lowest BCUT2D eigenvalue weighted by atomic mass is 9.95. The van der Waals surface area contributed by atoms with Crippen molar-refractivity contribution in [3.63, 3.8) is 0 Å². The second-order valence-electron chi connectivity index (χ2n) is 8.94. The van der Waals surface area contributed by atoms with E-state index in [-0.39, 0.29) is 5.91 Å². The Labute approximate surface area is 187 Å². The van der Waals surface area contributed by atoms with Crippen molar-refractivity contribution < 1.29 is 4.79 Å². The molecule has 3 rings (SSSR count). The summed E-state index contributed by atoms with van der Waals surface area (Å²) < 4.78 is 0. The summed E-state index contributed by atoms with van der Waals surface area (Å²) in [6, 6.07) is 11.3. The van der Waals surface area contributed by atoms with E-state index in [1.54, 1.807) is 0 Å². The van der Waals surface area contributed by atoms with Crippen LogP contribution in [-0.4, -0.2) is 86.0 Å². The number of carbonyl (C=O) groups is 1. The number of hydrogen-bond acceptors (Lipinski definition) is 4. The molecule has 0 saturated carbocycles. The first-order valence-electron chi connectivity index (χ1n) is 11.9. The van der Waals surface area contributed by atoms with Crippen LogP contribution in [0, 0.1) is 5.92 Å². The zero-order valence-corrected chi connectivity index (χ0v) is 19.3. The standard InChI is InChI=1S/C24H40N6O/c1-3-26-24(30-13-7-9-20(18-30)17-23(25)31)27-12-8-14-29-16-15-28(2)19-22(29)21-10-5-4-6-11-21/h4-6,10-11,20,22H,3,7-9,12-19H2,1-2H3,(H2,25,31)(H,26,27). The normalized spacial score (nSPS) is 23.7. The molecule has 7 nitrogen and oxygen atoms in total. The molecular weight excluding hydrogens is 388 g/mol. The van der Waals surface area contributed by atoms with Crippen LogP contribution in [0.5, 0.6) is 0 Å². The lowest BCUT2D eigenvalue weighted by Gasteiger charge is -2.40. The van der Waals surface area contributed by atoms with Gasteiger partial charge in [-0.15, -0.1) is 0 Å². The summed E-state index contributed by atoms with van der Waals surface area (Å²) in [7, 11) is 2.21. The predicted molar refractivity (Wildman–Crippen MR) is 127 cm³/mol. The zero-order chi connectivity index (χ0) is 22.1. The number of piperazine rings is 1. The van der Waals surface area contributed by atoms with E-state index in [0.29, 0.717) is 18.4 Å². The SMILES string of the molecule is CCNC(=NCCCN1CCN(C)CC1c1ccccc1)N1CCCC(CC(N)=O)C1. The summed E-state index contributed by atoms with van der Waals surface area (Å²) in [5.74, 6) is 1.12. The van der Waals surface area contributed by atoms with Gasteiger partial charge in [-0.05, 0) is 44.7 Å². The summed E-state index contributed by atoms with van der Waals surface area (Å²) in [4.78, 5) is 23.6. The number of rotatable bonds is 8. The Hall–Kier alpha value is -2.12. The maximum atomic E-state index is 11.3. The first-order valence-corrected chi connectivity index (χ1v) is 11.9. The largest absolute Gasteiger partial charge is 0.370 e. The molecule has 2 fully saturated rings. The quantitative estimate of drug-likeness (QED) is 0.376. The van der Waals surface area contributed by atoms with E-state index in [0.717, 1.165) is 77.6 Å². The van der Waals surface area contributed by atoms with Crippen LogP contribution in [0.1, 0.15) is 44.2 Å². The number of nitrogens with one attached hydrogen (secondary N) is 1. The second-order valence-corrected chi connectivity index (χ2v) is 8.94. The third-order valence-electron chi connectivity index (χ3n) is 6.39. The molecule has 2 saturated heterocycles. The second kappa shape index (κ2) is 12.1. The van der Waals surface area contributed by atoms with Crippen LogP contribution in [0.4, 0.5) is 0 Å². The molecule has 1 amide bonds. The van der Waals surface area contributed by atoms with Crippen molar-refractivity contribution >= 4 is 11.9 Å². The number of nitrogens with two attached hydrogens (primary N) is 1. The molecule has 1 aromatic rings. The summed E-state index contributed by atoms with van der Waals surface area (Å²) in [5, 5.41) is 3.44. The Bertz CT molecular complexity index is 709. The summed E-state index contributed by atoms with van der Waals surface area (Å²) in [6.07, 6.45) is 3.67. The lowest BCUT2D eigenvalue weighted by molar-refractivity contribution is -0.119. The Morgan fingerprint density at radius 1 is 1.19 bits per heavy atom. The van der Waals surface area contributed by atoms with Gasteiger partial charge in [0.25, 0.3) is 0 Å². The maximum Gasteiger partial charge on any atom is 0.217 e. The fraction of sp³-hybridized carbons (Fsp3) is 0.667. The molecule has 2 aliphatic heterocycles. The minimum atomic E-state index is -0.200. The number of likely N-dealkylation sites (tertiary alicyclic amines) is 1. The van der Waals surface area contributed by atoms with E-state index in [1.807, 2.05) is 0 Å². The summed E-state index contributed by atoms with van der Waals surface area (Å²) >= 11 is 0. The van der Waals surface area contributed by atoms with Gasteiger partial charge < -0.3 is 20.9 Å². The monoisotopic (exact) mass is 428 g/mol. The Balaban J connectivity index is 1.55. The first kappa shape index (κ1) is 23.5. The van der Waals surface area contributed by atoms with Gasteiger partial charge in [-0.2, -0.15) is 0 Å². The number of carbonyl (C=O) groups excluding carboxylic acids is 1. The van der Waals surface area contributed by atoms with Gasteiger partial charge in [-0.25, -0.2) is 0 Å². The van der Waals surface area contributed by atoms with Crippen LogP contribution >= 0.6 is 0 Å². The van der Waals surface area contributed by atoms with E-state index in [2.05, 4.69) is 64.3 Å². The first-order chi connectivity index (χ1) is 15.1. The minimum absolute atomic E-state index is 0.200. The van der Waals surface area contributed by atoms with Crippen LogP contribution < -0.4 is 11.1 Å². The van der Waals surface area contributed by atoms with Gasteiger partial charge in [0.15, 0.2) is 5.96 Å². The number of amides is 1.